The Morgan fingerprint density at radius 3 is 2.59 bits per heavy atom. The quantitative estimate of drug-likeness (QED) is 0.308. The first-order chi connectivity index (χ1) is 15.7. The van der Waals surface area contributed by atoms with Crippen molar-refractivity contribution >= 4 is 44.4 Å². The van der Waals surface area contributed by atoms with Crippen LogP contribution in [0.25, 0.3) is 21.3 Å². The number of thioether (sulfide) groups is 1. The van der Waals surface area contributed by atoms with Gasteiger partial charge in [0.15, 0.2) is 5.13 Å². The lowest BCUT2D eigenvalue weighted by molar-refractivity contribution is 0.0917. The Hall–Kier alpha value is -2.67. The molecule has 1 fully saturated rings. The van der Waals surface area contributed by atoms with E-state index >= 15 is 0 Å². The maximum Gasteiger partial charge on any atom is 0.260 e. The first kappa shape index (κ1) is 21.2. The fourth-order valence-electron chi connectivity index (χ4n) is 3.97. The standard InChI is InChI=1S/C26H24N2O2S2/c1-31-22-13-14-23-24(16-22)32-26(27-23)28(17-21-8-5-15-30-21)25(29)20-11-9-19(10-12-20)18-6-3-2-4-7-18/h2-4,6-7,9-14,16,21H,5,8,15,17H2,1H3. The van der Waals surface area contributed by atoms with Gasteiger partial charge in [0.2, 0.25) is 0 Å². The van der Waals surface area contributed by atoms with Crippen molar-refractivity contribution in [3.63, 3.8) is 0 Å². The molecule has 3 aromatic carbocycles. The number of rotatable bonds is 6. The number of thiazole rings is 1. The second-order valence-corrected chi connectivity index (χ2v) is 9.71. The van der Waals surface area contributed by atoms with Crippen LogP contribution in [-0.2, 0) is 4.74 Å². The summed E-state index contributed by atoms with van der Waals surface area (Å²) in [5.74, 6) is -0.0377. The van der Waals surface area contributed by atoms with Crippen LogP contribution < -0.4 is 4.90 Å². The van der Waals surface area contributed by atoms with E-state index in [-0.39, 0.29) is 12.0 Å². The van der Waals surface area contributed by atoms with Gasteiger partial charge in [-0.3, -0.25) is 9.69 Å². The highest BCUT2D eigenvalue weighted by atomic mass is 32.2. The number of anilines is 1. The molecule has 0 saturated carbocycles. The SMILES string of the molecule is CSc1ccc2nc(N(CC3CCCO3)C(=O)c3ccc(-c4ccccc4)cc3)sc2c1. The Labute approximate surface area is 196 Å². The Bertz CT molecular complexity index is 1220. The zero-order valence-electron chi connectivity index (χ0n) is 17.9. The summed E-state index contributed by atoms with van der Waals surface area (Å²) in [5, 5.41) is 0.728. The Balaban J connectivity index is 1.46. The zero-order chi connectivity index (χ0) is 21.9. The third kappa shape index (κ3) is 4.44. The molecule has 1 saturated heterocycles. The maximum absolute atomic E-state index is 13.6. The fourth-order valence-corrected chi connectivity index (χ4v) is 5.49. The molecule has 0 aliphatic carbocycles. The van der Waals surface area contributed by atoms with Gasteiger partial charge in [-0.15, -0.1) is 11.8 Å². The third-order valence-corrected chi connectivity index (χ3v) is 7.48. The minimum Gasteiger partial charge on any atom is -0.376 e. The molecule has 1 aliphatic heterocycles. The number of benzene rings is 3. The molecule has 1 atom stereocenters. The van der Waals surface area contributed by atoms with E-state index in [1.54, 1.807) is 28.0 Å². The van der Waals surface area contributed by atoms with Gasteiger partial charge in [0, 0.05) is 17.1 Å². The third-order valence-electron chi connectivity index (χ3n) is 5.71. The normalized spacial score (nSPS) is 15.8. The second-order valence-electron chi connectivity index (χ2n) is 7.82. The largest absolute Gasteiger partial charge is 0.376 e. The van der Waals surface area contributed by atoms with Crippen molar-refractivity contribution in [2.75, 3.05) is 24.3 Å². The van der Waals surface area contributed by atoms with E-state index in [0.29, 0.717) is 12.1 Å². The molecule has 1 amide bonds. The van der Waals surface area contributed by atoms with Crippen LogP contribution in [0.1, 0.15) is 23.2 Å². The van der Waals surface area contributed by atoms with Crippen molar-refractivity contribution in [2.45, 2.75) is 23.8 Å². The van der Waals surface area contributed by atoms with Gasteiger partial charge < -0.3 is 4.74 Å². The lowest BCUT2D eigenvalue weighted by Crippen LogP contribution is -2.37. The van der Waals surface area contributed by atoms with Crippen LogP contribution in [0.2, 0.25) is 0 Å². The van der Waals surface area contributed by atoms with Gasteiger partial charge in [0.05, 0.1) is 22.9 Å². The first-order valence-corrected chi connectivity index (χ1v) is 12.8. The van der Waals surface area contributed by atoms with Gasteiger partial charge in [0.25, 0.3) is 5.91 Å². The highest BCUT2D eigenvalue weighted by Gasteiger charge is 2.27. The average molecular weight is 461 g/mol. The smallest absolute Gasteiger partial charge is 0.260 e. The Morgan fingerprint density at radius 2 is 1.88 bits per heavy atom. The van der Waals surface area contributed by atoms with E-state index in [2.05, 4.69) is 30.5 Å². The summed E-state index contributed by atoms with van der Waals surface area (Å²) in [4.78, 5) is 21.4. The van der Waals surface area contributed by atoms with Gasteiger partial charge in [-0.25, -0.2) is 4.98 Å². The van der Waals surface area contributed by atoms with Crippen molar-refractivity contribution < 1.29 is 9.53 Å². The van der Waals surface area contributed by atoms with Gasteiger partial charge >= 0.3 is 0 Å². The molecule has 0 bridgehead atoms. The second kappa shape index (κ2) is 9.45. The van der Waals surface area contributed by atoms with Gasteiger partial charge in [-0.05, 0) is 60.6 Å². The molecular weight excluding hydrogens is 436 g/mol. The molecule has 32 heavy (non-hydrogen) atoms. The Morgan fingerprint density at radius 1 is 1.09 bits per heavy atom. The van der Waals surface area contributed by atoms with Crippen molar-refractivity contribution in [1.29, 1.82) is 0 Å². The predicted molar refractivity (Wildman–Crippen MR) is 134 cm³/mol. The summed E-state index contributed by atoms with van der Waals surface area (Å²) in [6, 6.07) is 24.3. The van der Waals surface area contributed by atoms with Crippen molar-refractivity contribution in [2.24, 2.45) is 0 Å². The van der Waals surface area contributed by atoms with Crippen LogP contribution in [-0.4, -0.2) is 36.4 Å². The predicted octanol–water partition coefficient (Wildman–Crippen LogP) is 6.51. The highest BCUT2D eigenvalue weighted by molar-refractivity contribution is 7.98. The van der Waals surface area contributed by atoms with Crippen LogP contribution in [0, 0.1) is 0 Å². The topological polar surface area (TPSA) is 42.4 Å². The summed E-state index contributed by atoms with van der Waals surface area (Å²) in [5.41, 5.74) is 3.81. The van der Waals surface area contributed by atoms with E-state index < -0.39 is 0 Å². The minimum atomic E-state index is -0.0377. The van der Waals surface area contributed by atoms with E-state index in [9.17, 15) is 4.79 Å². The average Bonchev–Trinajstić information content (AvgIpc) is 3.52. The number of aromatic nitrogens is 1. The Kier molecular flexibility index (Phi) is 6.26. The zero-order valence-corrected chi connectivity index (χ0v) is 19.5. The monoisotopic (exact) mass is 460 g/mol. The number of ether oxygens (including phenoxy) is 1. The molecule has 1 aromatic heterocycles. The van der Waals surface area contributed by atoms with E-state index in [1.165, 1.54) is 4.90 Å². The number of amides is 1. The lowest BCUT2D eigenvalue weighted by Gasteiger charge is -2.23. The van der Waals surface area contributed by atoms with Crippen LogP contribution in [0.4, 0.5) is 5.13 Å². The van der Waals surface area contributed by atoms with E-state index in [0.717, 1.165) is 45.9 Å². The number of hydrogen-bond donors (Lipinski definition) is 0. The number of fused-ring (bicyclic) bond motifs is 1. The molecule has 0 N–H and O–H groups in total. The van der Waals surface area contributed by atoms with Crippen molar-refractivity contribution in [3.8, 4) is 11.1 Å². The molecule has 1 unspecified atom stereocenters. The maximum atomic E-state index is 13.6. The summed E-state index contributed by atoms with van der Waals surface area (Å²) in [7, 11) is 0. The van der Waals surface area contributed by atoms with Gasteiger partial charge in [-0.1, -0.05) is 53.8 Å². The summed E-state index contributed by atoms with van der Waals surface area (Å²) in [6.45, 7) is 1.28. The molecule has 162 valence electrons. The van der Waals surface area contributed by atoms with Gasteiger partial charge in [-0.2, -0.15) is 0 Å². The fraction of sp³-hybridized carbons (Fsp3) is 0.231. The van der Waals surface area contributed by atoms with E-state index in [4.69, 9.17) is 9.72 Å². The highest BCUT2D eigenvalue weighted by Crippen LogP contribution is 2.33. The lowest BCUT2D eigenvalue weighted by atomic mass is 10.0. The summed E-state index contributed by atoms with van der Waals surface area (Å²) >= 11 is 3.27. The van der Waals surface area contributed by atoms with E-state index in [1.807, 2.05) is 48.5 Å². The molecule has 4 aromatic rings. The number of carbonyl (C=O) groups is 1. The van der Waals surface area contributed by atoms with Gasteiger partial charge in [0.1, 0.15) is 0 Å². The molecule has 1 aliphatic rings. The van der Waals surface area contributed by atoms with Crippen LogP contribution in [0.5, 0.6) is 0 Å². The molecule has 4 nitrogen and oxygen atoms in total. The molecule has 0 spiro atoms. The number of hydrogen-bond acceptors (Lipinski definition) is 5. The van der Waals surface area contributed by atoms with Crippen LogP contribution in [0.15, 0.2) is 77.7 Å². The van der Waals surface area contributed by atoms with Crippen LogP contribution in [0.3, 0.4) is 0 Å². The molecule has 6 heteroatoms. The number of carbonyl (C=O) groups excluding carboxylic acids is 1. The minimum absolute atomic E-state index is 0.0377. The van der Waals surface area contributed by atoms with Crippen molar-refractivity contribution in [3.05, 3.63) is 78.4 Å². The number of nitrogens with zero attached hydrogens (tertiary/aromatic N) is 2. The molecule has 0 radical (unpaired) electrons. The van der Waals surface area contributed by atoms with Crippen molar-refractivity contribution in [1.82, 2.24) is 4.98 Å². The molecule has 5 rings (SSSR count). The first-order valence-electron chi connectivity index (χ1n) is 10.7. The molecular formula is C26H24N2O2S2. The summed E-state index contributed by atoms with van der Waals surface area (Å²) < 4.78 is 6.95. The summed E-state index contributed by atoms with van der Waals surface area (Å²) in [6.07, 6.45) is 4.12. The van der Waals surface area contributed by atoms with Crippen LogP contribution >= 0.6 is 23.1 Å². The molecule has 2 heterocycles.